The predicted molar refractivity (Wildman–Crippen MR) is 55.4 cm³/mol. The number of nitrogens with one attached hydrogen (secondary N) is 1. The Morgan fingerprint density at radius 2 is 2.31 bits per heavy atom. The summed E-state index contributed by atoms with van der Waals surface area (Å²) in [6.07, 6.45) is 6.08. The van der Waals surface area contributed by atoms with Gasteiger partial charge in [-0.3, -0.25) is 4.79 Å². The van der Waals surface area contributed by atoms with Gasteiger partial charge in [0, 0.05) is 6.42 Å². The lowest BCUT2D eigenvalue weighted by molar-refractivity contribution is -0.120. The fraction of sp³-hybridized carbons (Fsp3) is 0.800. The lowest BCUT2D eigenvalue weighted by Gasteiger charge is -2.20. The lowest BCUT2D eigenvalue weighted by Crippen LogP contribution is -2.25. The SMILES string of the molecule is O=C(CC1CC2CCC1C2)NC=S. The van der Waals surface area contributed by atoms with E-state index in [4.69, 9.17) is 0 Å². The molecule has 0 spiro atoms. The van der Waals surface area contributed by atoms with Crippen molar-refractivity contribution in [2.24, 2.45) is 17.8 Å². The lowest BCUT2D eigenvalue weighted by atomic mass is 9.86. The molecule has 2 fully saturated rings. The van der Waals surface area contributed by atoms with E-state index in [1.165, 1.54) is 31.2 Å². The van der Waals surface area contributed by atoms with Crippen molar-refractivity contribution >= 4 is 23.6 Å². The largest absolute Gasteiger partial charge is 0.323 e. The van der Waals surface area contributed by atoms with Gasteiger partial charge in [0.05, 0.1) is 5.49 Å². The van der Waals surface area contributed by atoms with Crippen molar-refractivity contribution in [2.75, 3.05) is 0 Å². The summed E-state index contributed by atoms with van der Waals surface area (Å²) in [6.45, 7) is 0. The molecule has 1 N–H and O–H groups in total. The van der Waals surface area contributed by atoms with Crippen LogP contribution in [0.25, 0.3) is 0 Å². The van der Waals surface area contributed by atoms with Gasteiger partial charge in [0.2, 0.25) is 5.91 Å². The molecule has 0 saturated heterocycles. The molecule has 1 amide bonds. The van der Waals surface area contributed by atoms with E-state index in [-0.39, 0.29) is 5.91 Å². The molecule has 2 saturated carbocycles. The summed E-state index contributed by atoms with van der Waals surface area (Å²) in [4.78, 5) is 11.3. The first-order chi connectivity index (χ1) is 6.29. The van der Waals surface area contributed by atoms with Crippen LogP contribution in [-0.2, 0) is 4.79 Å². The quantitative estimate of drug-likeness (QED) is 0.700. The molecule has 2 bridgehead atoms. The highest BCUT2D eigenvalue weighted by molar-refractivity contribution is 7.78. The monoisotopic (exact) mass is 197 g/mol. The maximum absolute atomic E-state index is 11.3. The van der Waals surface area contributed by atoms with Crippen molar-refractivity contribution in [2.45, 2.75) is 32.1 Å². The Hall–Kier alpha value is -0.440. The van der Waals surface area contributed by atoms with Crippen molar-refractivity contribution < 1.29 is 4.79 Å². The van der Waals surface area contributed by atoms with Gasteiger partial charge in [-0.2, -0.15) is 0 Å². The second-order valence-electron chi connectivity index (χ2n) is 4.32. The van der Waals surface area contributed by atoms with E-state index >= 15 is 0 Å². The molecule has 0 heterocycles. The van der Waals surface area contributed by atoms with E-state index in [1.54, 1.807) is 0 Å². The van der Waals surface area contributed by atoms with Gasteiger partial charge in [0.25, 0.3) is 0 Å². The smallest absolute Gasteiger partial charge is 0.224 e. The third kappa shape index (κ3) is 1.90. The zero-order valence-corrected chi connectivity index (χ0v) is 8.48. The van der Waals surface area contributed by atoms with Crippen molar-refractivity contribution in [3.63, 3.8) is 0 Å². The molecule has 13 heavy (non-hydrogen) atoms. The van der Waals surface area contributed by atoms with Crippen LogP contribution in [0.2, 0.25) is 0 Å². The predicted octanol–water partition coefficient (Wildman–Crippen LogP) is 1.89. The van der Waals surface area contributed by atoms with Crippen molar-refractivity contribution in [1.29, 1.82) is 0 Å². The number of carbonyl (C=O) groups is 1. The zero-order chi connectivity index (χ0) is 9.26. The fourth-order valence-electron chi connectivity index (χ4n) is 2.99. The van der Waals surface area contributed by atoms with Gasteiger partial charge in [0.15, 0.2) is 0 Å². The highest BCUT2D eigenvalue weighted by atomic mass is 32.1. The normalized spacial score (nSPS) is 36.2. The van der Waals surface area contributed by atoms with Gasteiger partial charge < -0.3 is 5.32 Å². The number of thiocarbonyl (C=S) groups is 1. The molecule has 0 aliphatic heterocycles. The molecule has 0 aromatic rings. The van der Waals surface area contributed by atoms with E-state index in [1.807, 2.05) is 0 Å². The summed E-state index contributed by atoms with van der Waals surface area (Å²) >= 11 is 4.58. The first-order valence-corrected chi connectivity index (χ1v) is 5.49. The van der Waals surface area contributed by atoms with Crippen molar-refractivity contribution in [1.82, 2.24) is 5.32 Å². The van der Waals surface area contributed by atoms with Crippen LogP contribution >= 0.6 is 12.2 Å². The number of carbonyl (C=O) groups excluding carboxylic acids is 1. The number of rotatable bonds is 3. The van der Waals surface area contributed by atoms with Gasteiger partial charge in [0.1, 0.15) is 0 Å². The molecular weight excluding hydrogens is 182 g/mol. The van der Waals surface area contributed by atoms with Crippen LogP contribution < -0.4 is 5.32 Å². The molecule has 3 atom stereocenters. The Kier molecular flexibility index (Phi) is 2.63. The molecule has 3 unspecified atom stereocenters. The fourth-order valence-corrected chi connectivity index (χ4v) is 3.12. The standard InChI is InChI=1S/C10H15NOS/c12-10(11-6-13)5-9-4-7-1-2-8(9)3-7/h6-9H,1-5H2,(H,11,12,13). The zero-order valence-electron chi connectivity index (χ0n) is 7.66. The Balaban J connectivity index is 1.82. The molecular formula is C10H15NOS. The molecule has 2 nitrogen and oxygen atoms in total. The summed E-state index contributed by atoms with van der Waals surface area (Å²) in [7, 11) is 0. The van der Waals surface area contributed by atoms with E-state index in [2.05, 4.69) is 17.5 Å². The molecule has 2 aliphatic carbocycles. The minimum absolute atomic E-state index is 0.104. The topological polar surface area (TPSA) is 29.1 Å². The summed E-state index contributed by atoms with van der Waals surface area (Å²) in [5, 5.41) is 2.58. The maximum Gasteiger partial charge on any atom is 0.224 e. The molecule has 2 rings (SSSR count). The minimum atomic E-state index is 0.104. The van der Waals surface area contributed by atoms with Gasteiger partial charge in [-0.25, -0.2) is 0 Å². The van der Waals surface area contributed by atoms with Crippen molar-refractivity contribution in [3.8, 4) is 0 Å². The first kappa shape index (κ1) is 9.13. The van der Waals surface area contributed by atoms with Crippen LogP contribution in [0, 0.1) is 17.8 Å². The Morgan fingerprint density at radius 3 is 2.85 bits per heavy atom. The van der Waals surface area contributed by atoms with Crippen LogP contribution in [0.1, 0.15) is 32.1 Å². The van der Waals surface area contributed by atoms with Gasteiger partial charge >= 0.3 is 0 Å². The highest BCUT2D eigenvalue weighted by Crippen LogP contribution is 2.49. The minimum Gasteiger partial charge on any atom is -0.323 e. The third-order valence-corrected chi connectivity index (χ3v) is 3.67. The Labute approximate surface area is 84.1 Å². The van der Waals surface area contributed by atoms with Crippen molar-refractivity contribution in [3.05, 3.63) is 0 Å². The number of hydrogen-bond donors (Lipinski definition) is 1. The average Bonchev–Trinajstić information content (AvgIpc) is 2.65. The van der Waals surface area contributed by atoms with Gasteiger partial charge in [-0.05, 0) is 37.0 Å². The molecule has 0 aromatic carbocycles. The highest BCUT2D eigenvalue weighted by Gasteiger charge is 2.39. The molecule has 0 aromatic heterocycles. The summed E-state index contributed by atoms with van der Waals surface area (Å²) < 4.78 is 0. The Morgan fingerprint density at radius 1 is 1.46 bits per heavy atom. The molecule has 72 valence electrons. The summed E-state index contributed by atoms with van der Waals surface area (Å²) in [6, 6.07) is 0. The second-order valence-corrected chi connectivity index (χ2v) is 4.56. The van der Waals surface area contributed by atoms with Gasteiger partial charge in [-0.1, -0.05) is 18.6 Å². The first-order valence-electron chi connectivity index (χ1n) is 5.02. The number of hydrogen-bond acceptors (Lipinski definition) is 2. The summed E-state index contributed by atoms with van der Waals surface area (Å²) in [5.74, 6) is 2.51. The summed E-state index contributed by atoms with van der Waals surface area (Å²) in [5.41, 5.74) is 1.32. The molecule has 0 radical (unpaired) electrons. The van der Waals surface area contributed by atoms with E-state index in [0.717, 1.165) is 11.8 Å². The molecule has 2 aliphatic rings. The number of amides is 1. The second kappa shape index (κ2) is 3.74. The van der Waals surface area contributed by atoms with Gasteiger partial charge in [-0.15, -0.1) is 0 Å². The van der Waals surface area contributed by atoms with E-state index < -0.39 is 0 Å². The van der Waals surface area contributed by atoms with Crippen LogP contribution in [0.3, 0.4) is 0 Å². The van der Waals surface area contributed by atoms with Crippen LogP contribution in [0.4, 0.5) is 0 Å². The van der Waals surface area contributed by atoms with Crippen LogP contribution in [-0.4, -0.2) is 11.4 Å². The molecule has 3 heteroatoms. The van der Waals surface area contributed by atoms with Crippen LogP contribution in [0.5, 0.6) is 0 Å². The Bertz CT molecular complexity index is 229. The maximum atomic E-state index is 11.3. The average molecular weight is 197 g/mol. The van der Waals surface area contributed by atoms with E-state index in [0.29, 0.717) is 12.3 Å². The third-order valence-electron chi connectivity index (χ3n) is 3.55. The number of fused-ring (bicyclic) bond motifs is 2. The van der Waals surface area contributed by atoms with Crippen LogP contribution in [0.15, 0.2) is 0 Å². The van der Waals surface area contributed by atoms with E-state index in [9.17, 15) is 4.79 Å².